The van der Waals surface area contributed by atoms with Crippen LogP contribution in [0.3, 0.4) is 0 Å². The fraction of sp³-hybridized carbons (Fsp3) is 0.944. The quantitative estimate of drug-likeness (QED) is 0.0345. The van der Waals surface area contributed by atoms with E-state index in [1.54, 1.807) is 0 Å². The van der Waals surface area contributed by atoms with E-state index in [0.29, 0.717) is 19.3 Å². The van der Waals surface area contributed by atoms with Crippen LogP contribution in [-0.2, 0) is 28.6 Å². The van der Waals surface area contributed by atoms with Crippen molar-refractivity contribution >= 4 is 17.9 Å². The van der Waals surface area contributed by atoms with E-state index in [4.69, 9.17) is 14.2 Å². The molecule has 0 amide bonds. The molecular weight excluding hydrogens is 745 g/mol. The molecule has 0 aliphatic carbocycles. The first-order valence-electron chi connectivity index (χ1n) is 26.9. The second kappa shape index (κ2) is 48.4. The molecule has 6 nitrogen and oxygen atoms in total. The van der Waals surface area contributed by atoms with Gasteiger partial charge in [0.2, 0.25) is 0 Å². The lowest BCUT2D eigenvalue weighted by Gasteiger charge is -2.18. The number of carbonyl (C=O) groups is 3. The highest BCUT2D eigenvalue weighted by Crippen LogP contribution is 2.18. The molecule has 1 unspecified atom stereocenters. The molecule has 0 N–H and O–H groups in total. The smallest absolute Gasteiger partial charge is 0.306 e. The summed E-state index contributed by atoms with van der Waals surface area (Å²) >= 11 is 0. The van der Waals surface area contributed by atoms with E-state index in [1.807, 2.05) is 0 Å². The zero-order valence-electron chi connectivity index (χ0n) is 40.9. The number of hydrogen-bond donors (Lipinski definition) is 0. The summed E-state index contributed by atoms with van der Waals surface area (Å²) in [5, 5.41) is 0. The third-order valence-corrected chi connectivity index (χ3v) is 12.7. The Morgan fingerprint density at radius 2 is 0.583 bits per heavy atom. The number of rotatable bonds is 49. The van der Waals surface area contributed by atoms with Gasteiger partial charge in [-0.3, -0.25) is 14.4 Å². The molecule has 60 heavy (non-hydrogen) atoms. The number of ether oxygens (including phenoxy) is 3. The van der Waals surface area contributed by atoms with Crippen LogP contribution in [0.5, 0.6) is 0 Å². The topological polar surface area (TPSA) is 78.9 Å². The van der Waals surface area contributed by atoms with Crippen LogP contribution in [0.1, 0.15) is 304 Å². The Morgan fingerprint density at radius 3 is 0.867 bits per heavy atom. The first kappa shape index (κ1) is 58.4. The van der Waals surface area contributed by atoms with Crippen LogP contribution in [0.25, 0.3) is 0 Å². The van der Waals surface area contributed by atoms with Crippen LogP contribution in [0, 0.1) is 5.92 Å². The fourth-order valence-corrected chi connectivity index (χ4v) is 8.19. The molecule has 0 fully saturated rings. The van der Waals surface area contributed by atoms with Crippen molar-refractivity contribution in [1.82, 2.24) is 0 Å². The van der Waals surface area contributed by atoms with Crippen LogP contribution in [-0.4, -0.2) is 37.2 Å². The van der Waals surface area contributed by atoms with E-state index in [9.17, 15) is 14.4 Å². The summed E-state index contributed by atoms with van der Waals surface area (Å²) in [6.45, 7) is 9.06. The molecule has 0 heterocycles. The van der Waals surface area contributed by atoms with Crippen molar-refractivity contribution in [2.75, 3.05) is 13.2 Å². The van der Waals surface area contributed by atoms with Gasteiger partial charge in [0.05, 0.1) is 0 Å². The average molecular weight is 849 g/mol. The number of esters is 3. The van der Waals surface area contributed by atoms with E-state index in [1.165, 1.54) is 199 Å². The number of hydrogen-bond acceptors (Lipinski definition) is 6. The molecule has 0 aromatic heterocycles. The third kappa shape index (κ3) is 45.9. The lowest BCUT2D eigenvalue weighted by atomic mass is 9.99. The Bertz CT molecular complexity index is 905. The molecule has 0 aliphatic heterocycles. The summed E-state index contributed by atoms with van der Waals surface area (Å²) in [6.07, 6.45) is 50.7. The summed E-state index contributed by atoms with van der Waals surface area (Å²) < 4.78 is 16.8. The van der Waals surface area contributed by atoms with Crippen LogP contribution in [0.15, 0.2) is 0 Å². The minimum absolute atomic E-state index is 0.0624. The average Bonchev–Trinajstić information content (AvgIpc) is 3.25. The SMILES string of the molecule is CCCCCCCCCCCCCCCCCC(=O)OC[C@H](COC(=O)CCCCCCCCCCCCC(C)CC)OC(=O)CCCCCCCCCCCCCCC. The van der Waals surface area contributed by atoms with Gasteiger partial charge in [-0.25, -0.2) is 0 Å². The van der Waals surface area contributed by atoms with Crippen LogP contribution in [0.2, 0.25) is 0 Å². The third-order valence-electron chi connectivity index (χ3n) is 12.7. The van der Waals surface area contributed by atoms with Crippen molar-refractivity contribution in [3.8, 4) is 0 Å². The van der Waals surface area contributed by atoms with Gasteiger partial charge < -0.3 is 14.2 Å². The molecule has 356 valence electrons. The zero-order chi connectivity index (χ0) is 43.8. The maximum absolute atomic E-state index is 12.8. The maximum atomic E-state index is 12.8. The van der Waals surface area contributed by atoms with E-state index < -0.39 is 6.10 Å². The minimum atomic E-state index is -0.761. The van der Waals surface area contributed by atoms with Gasteiger partial charge in [-0.1, -0.05) is 265 Å². The lowest BCUT2D eigenvalue weighted by Crippen LogP contribution is -2.30. The Kier molecular flexibility index (Phi) is 47.2. The zero-order valence-corrected chi connectivity index (χ0v) is 40.9. The molecule has 0 aliphatic rings. The summed E-state index contributed by atoms with van der Waals surface area (Å²) in [5.74, 6) is 0.0285. The molecule has 2 atom stereocenters. The van der Waals surface area contributed by atoms with Gasteiger partial charge in [0.15, 0.2) is 6.10 Å². The summed E-state index contributed by atoms with van der Waals surface area (Å²) in [5.41, 5.74) is 0. The van der Waals surface area contributed by atoms with Crippen molar-refractivity contribution in [3.05, 3.63) is 0 Å². The summed E-state index contributed by atoms with van der Waals surface area (Å²) in [4.78, 5) is 38.0. The summed E-state index contributed by atoms with van der Waals surface area (Å²) in [7, 11) is 0. The molecule has 0 spiro atoms. The molecule has 0 saturated heterocycles. The van der Waals surface area contributed by atoms with Crippen molar-refractivity contribution in [2.45, 2.75) is 310 Å². The molecule has 0 aromatic carbocycles. The summed E-state index contributed by atoms with van der Waals surface area (Å²) in [6, 6.07) is 0. The Balaban J connectivity index is 4.31. The number of carbonyl (C=O) groups excluding carboxylic acids is 3. The molecule has 0 radical (unpaired) electrons. The standard InChI is InChI=1S/C54H104O6/c1-5-8-10-12-14-16-18-20-21-23-24-29-33-37-41-45-52(55)58-48-51(60-54(57)47-43-39-35-31-25-22-19-17-15-13-11-9-6-2)49-59-53(56)46-42-38-34-30-27-26-28-32-36-40-44-50(4)7-3/h50-51H,5-49H2,1-4H3/t50?,51-/m1/s1. The molecule has 0 aromatic rings. The van der Waals surface area contributed by atoms with Crippen LogP contribution < -0.4 is 0 Å². The highest BCUT2D eigenvalue weighted by atomic mass is 16.6. The van der Waals surface area contributed by atoms with Gasteiger partial charge in [0.25, 0.3) is 0 Å². The minimum Gasteiger partial charge on any atom is -0.462 e. The van der Waals surface area contributed by atoms with Gasteiger partial charge in [-0.15, -0.1) is 0 Å². The highest BCUT2D eigenvalue weighted by Gasteiger charge is 2.19. The van der Waals surface area contributed by atoms with Gasteiger partial charge in [0.1, 0.15) is 13.2 Å². The van der Waals surface area contributed by atoms with Crippen LogP contribution in [0.4, 0.5) is 0 Å². The van der Waals surface area contributed by atoms with Gasteiger partial charge in [-0.2, -0.15) is 0 Å². The molecular formula is C54H104O6. The lowest BCUT2D eigenvalue weighted by molar-refractivity contribution is -0.167. The molecule has 6 heteroatoms. The van der Waals surface area contributed by atoms with Crippen molar-refractivity contribution in [3.63, 3.8) is 0 Å². The number of unbranched alkanes of at least 4 members (excludes halogenated alkanes) is 35. The highest BCUT2D eigenvalue weighted by molar-refractivity contribution is 5.71. The van der Waals surface area contributed by atoms with Gasteiger partial charge in [0, 0.05) is 19.3 Å². The van der Waals surface area contributed by atoms with E-state index >= 15 is 0 Å². The normalized spacial score (nSPS) is 12.4. The Labute approximate surface area is 374 Å². The van der Waals surface area contributed by atoms with Crippen molar-refractivity contribution in [2.24, 2.45) is 5.92 Å². The van der Waals surface area contributed by atoms with E-state index in [2.05, 4.69) is 27.7 Å². The Morgan fingerprint density at radius 1 is 0.333 bits per heavy atom. The monoisotopic (exact) mass is 849 g/mol. The first-order chi connectivity index (χ1) is 29.4. The van der Waals surface area contributed by atoms with Gasteiger partial charge >= 0.3 is 17.9 Å². The molecule has 0 bridgehead atoms. The van der Waals surface area contributed by atoms with E-state index in [-0.39, 0.29) is 31.1 Å². The largest absolute Gasteiger partial charge is 0.462 e. The van der Waals surface area contributed by atoms with Crippen LogP contribution >= 0.6 is 0 Å². The van der Waals surface area contributed by atoms with Gasteiger partial charge in [-0.05, 0) is 25.2 Å². The molecule has 0 rings (SSSR count). The van der Waals surface area contributed by atoms with Crippen molar-refractivity contribution < 1.29 is 28.6 Å². The first-order valence-corrected chi connectivity index (χ1v) is 26.9. The predicted octanol–water partition coefficient (Wildman–Crippen LogP) is 17.5. The second-order valence-corrected chi connectivity index (χ2v) is 18.8. The second-order valence-electron chi connectivity index (χ2n) is 18.8. The Hall–Kier alpha value is -1.59. The predicted molar refractivity (Wildman–Crippen MR) is 257 cm³/mol. The maximum Gasteiger partial charge on any atom is 0.306 e. The fourth-order valence-electron chi connectivity index (χ4n) is 8.19. The molecule has 0 saturated carbocycles. The van der Waals surface area contributed by atoms with Crippen molar-refractivity contribution in [1.29, 1.82) is 0 Å². The van der Waals surface area contributed by atoms with E-state index in [0.717, 1.165) is 63.7 Å².